The lowest BCUT2D eigenvalue weighted by Gasteiger charge is -2.16. The minimum atomic E-state index is -4.68. The number of alkyl halides is 3. The Morgan fingerprint density at radius 1 is 1.12 bits per heavy atom. The van der Waals surface area contributed by atoms with Crippen LogP contribution in [0.5, 0.6) is 5.75 Å². The van der Waals surface area contributed by atoms with E-state index in [-0.39, 0.29) is 24.6 Å². The maximum Gasteiger partial charge on any atom is 0.417 e. The van der Waals surface area contributed by atoms with Crippen molar-refractivity contribution in [1.82, 2.24) is 0 Å². The van der Waals surface area contributed by atoms with Crippen molar-refractivity contribution in [2.75, 3.05) is 18.5 Å². The topological polar surface area (TPSA) is 65.3 Å². The molecule has 9 heteroatoms. The number of nitriles is 1. The molecule has 0 amide bonds. The SMILES string of the molecule is N#Cc1ccc(NCC(O)COc2ccc(F)c(F)c2)cc1C(F)(F)F. The Labute approximate surface area is 145 Å². The molecule has 0 saturated carbocycles. The van der Waals surface area contributed by atoms with Gasteiger partial charge in [0, 0.05) is 18.3 Å². The standard InChI is InChI=1S/C17H13F5N2O2/c18-15-4-3-13(6-16(15)19)26-9-12(25)8-24-11-2-1-10(7-23)14(5-11)17(20,21)22/h1-6,12,24-25H,8-9H2. The summed E-state index contributed by atoms with van der Waals surface area (Å²) in [7, 11) is 0. The van der Waals surface area contributed by atoms with Crippen LogP contribution >= 0.6 is 0 Å². The maximum atomic E-state index is 13.0. The lowest BCUT2D eigenvalue weighted by atomic mass is 10.1. The highest BCUT2D eigenvalue weighted by Crippen LogP contribution is 2.33. The van der Waals surface area contributed by atoms with Gasteiger partial charge in [-0.25, -0.2) is 8.78 Å². The zero-order valence-corrected chi connectivity index (χ0v) is 13.1. The van der Waals surface area contributed by atoms with E-state index in [1.165, 1.54) is 18.2 Å². The zero-order valence-electron chi connectivity index (χ0n) is 13.1. The summed E-state index contributed by atoms with van der Waals surface area (Å²) in [5.41, 5.74) is -1.54. The number of benzene rings is 2. The minimum Gasteiger partial charge on any atom is -0.491 e. The number of rotatable bonds is 6. The van der Waals surface area contributed by atoms with Crippen LogP contribution in [0.4, 0.5) is 27.6 Å². The van der Waals surface area contributed by atoms with Gasteiger partial charge in [0.1, 0.15) is 18.5 Å². The zero-order chi connectivity index (χ0) is 19.3. The lowest BCUT2D eigenvalue weighted by Crippen LogP contribution is -2.26. The van der Waals surface area contributed by atoms with Crippen molar-refractivity contribution >= 4 is 5.69 Å². The van der Waals surface area contributed by atoms with E-state index in [9.17, 15) is 27.1 Å². The molecule has 0 spiro atoms. The van der Waals surface area contributed by atoms with Crippen LogP contribution in [-0.2, 0) is 6.18 Å². The second-order valence-corrected chi connectivity index (χ2v) is 5.29. The highest BCUT2D eigenvalue weighted by molar-refractivity contribution is 5.53. The molecular formula is C17H13F5N2O2. The fourth-order valence-corrected chi connectivity index (χ4v) is 2.04. The van der Waals surface area contributed by atoms with Crippen molar-refractivity contribution in [3.05, 3.63) is 59.2 Å². The number of aliphatic hydroxyl groups is 1. The first kappa shape index (κ1) is 19.5. The van der Waals surface area contributed by atoms with E-state index in [4.69, 9.17) is 10.00 Å². The fourth-order valence-electron chi connectivity index (χ4n) is 2.04. The molecule has 0 aliphatic heterocycles. The van der Waals surface area contributed by atoms with Crippen molar-refractivity contribution < 1.29 is 31.8 Å². The first-order chi connectivity index (χ1) is 12.2. The molecular weight excluding hydrogens is 359 g/mol. The Morgan fingerprint density at radius 3 is 2.46 bits per heavy atom. The second-order valence-electron chi connectivity index (χ2n) is 5.29. The Bertz CT molecular complexity index is 818. The van der Waals surface area contributed by atoms with Gasteiger partial charge in [-0.2, -0.15) is 18.4 Å². The third-order valence-electron chi connectivity index (χ3n) is 3.32. The molecule has 2 aromatic carbocycles. The van der Waals surface area contributed by atoms with E-state index in [2.05, 4.69) is 5.32 Å². The van der Waals surface area contributed by atoms with Gasteiger partial charge >= 0.3 is 6.18 Å². The molecule has 2 aromatic rings. The van der Waals surface area contributed by atoms with Crippen LogP contribution < -0.4 is 10.1 Å². The number of hydrogen-bond acceptors (Lipinski definition) is 4. The van der Waals surface area contributed by atoms with Crippen molar-refractivity contribution in [3.63, 3.8) is 0 Å². The average molecular weight is 372 g/mol. The molecule has 1 unspecified atom stereocenters. The van der Waals surface area contributed by atoms with E-state index in [0.29, 0.717) is 0 Å². The third kappa shape index (κ3) is 5.07. The normalized spacial score (nSPS) is 12.3. The van der Waals surface area contributed by atoms with Crippen molar-refractivity contribution in [2.45, 2.75) is 12.3 Å². The molecule has 138 valence electrons. The molecule has 1 atom stereocenters. The van der Waals surface area contributed by atoms with Crippen LogP contribution in [0.1, 0.15) is 11.1 Å². The number of anilines is 1. The quantitative estimate of drug-likeness (QED) is 0.759. The molecule has 26 heavy (non-hydrogen) atoms. The predicted octanol–water partition coefficient (Wildman–Crippen LogP) is 3.71. The van der Waals surface area contributed by atoms with Gasteiger partial charge in [-0.3, -0.25) is 0 Å². The van der Waals surface area contributed by atoms with Gasteiger partial charge in [0.2, 0.25) is 0 Å². The molecule has 4 nitrogen and oxygen atoms in total. The summed E-state index contributed by atoms with van der Waals surface area (Å²) >= 11 is 0. The summed E-state index contributed by atoms with van der Waals surface area (Å²) in [5.74, 6) is -2.14. The molecule has 2 rings (SSSR count). The monoisotopic (exact) mass is 372 g/mol. The first-order valence-corrected chi connectivity index (χ1v) is 7.32. The number of ether oxygens (including phenoxy) is 1. The van der Waals surface area contributed by atoms with Gasteiger partial charge < -0.3 is 15.2 Å². The Kier molecular flexibility index (Phi) is 6.00. The highest BCUT2D eigenvalue weighted by Gasteiger charge is 2.33. The van der Waals surface area contributed by atoms with Crippen LogP contribution in [-0.4, -0.2) is 24.4 Å². The van der Waals surface area contributed by atoms with E-state index < -0.39 is 35.0 Å². The van der Waals surface area contributed by atoms with Gasteiger partial charge in [-0.05, 0) is 30.3 Å². The van der Waals surface area contributed by atoms with Crippen LogP contribution in [0, 0.1) is 23.0 Å². The minimum absolute atomic E-state index is 0.000630. The van der Waals surface area contributed by atoms with Crippen molar-refractivity contribution in [1.29, 1.82) is 5.26 Å². The highest BCUT2D eigenvalue weighted by atomic mass is 19.4. The summed E-state index contributed by atoms with van der Waals surface area (Å²) in [4.78, 5) is 0. The first-order valence-electron chi connectivity index (χ1n) is 7.32. The van der Waals surface area contributed by atoms with E-state index >= 15 is 0 Å². The summed E-state index contributed by atoms with van der Waals surface area (Å²) < 4.78 is 69.5. The van der Waals surface area contributed by atoms with Crippen LogP contribution in [0.3, 0.4) is 0 Å². The Morgan fingerprint density at radius 2 is 1.85 bits per heavy atom. The van der Waals surface area contributed by atoms with Crippen LogP contribution in [0.15, 0.2) is 36.4 Å². The van der Waals surface area contributed by atoms with Crippen LogP contribution in [0.2, 0.25) is 0 Å². The van der Waals surface area contributed by atoms with Gasteiger partial charge in [0.15, 0.2) is 11.6 Å². The Balaban J connectivity index is 1.93. The molecule has 0 heterocycles. The molecule has 0 aliphatic carbocycles. The predicted molar refractivity (Wildman–Crippen MR) is 82.5 cm³/mol. The number of hydrogen-bond donors (Lipinski definition) is 2. The van der Waals surface area contributed by atoms with Gasteiger partial charge in [0.05, 0.1) is 17.2 Å². The molecule has 0 aromatic heterocycles. The van der Waals surface area contributed by atoms with Gasteiger partial charge in [0.25, 0.3) is 0 Å². The van der Waals surface area contributed by atoms with Crippen LogP contribution in [0.25, 0.3) is 0 Å². The summed E-state index contributed by atoms with van der Waals surface area (Å²) in [5, 5.41) is 21.1. The molecule has 0 bridgehead atoms. The average Bonchev–Trinajstić information content (AvgIpc) is 2.60. The number of halogens is 5. The third-order valence-corrected chi connectivity index (χ3v) is 3.32. The molecule has 0 fully saturated rings. The molecule has 0 saturated heterocycles. The summed E-state index contributed by atoms with van der Waals surface area (Å²) in [6.45, 7) is -0.451. The summed E-state index contributed by atoms with van der Waals surface area (Å²) in [6.07, 6.45) is -5.81. The maximum absolute atomic E-state index is 13.0. The van der Waals surface area contributed by atoms with Crippen molar-refractivity contribution in [2.24, 2.45) is 0 Å². The van der Waals surface area contributed by atoms with Gasteiger partial charge in [-0.15, -0.1) is 0 Å². The number of aliphatic hydroxyl groups excluding tert-OH is 1. The second kappa shape index (κ2) is 8.01. The Hall–Kier alpha value is -2.86. The molecule has 0 aliphatic rings. The van der Waals surface area contributed by atoms with E-state index in [1.54, 1.807) is 0 Å². The molecule has 0 radical (unpaired) electrons. The van der Waals surface area contributed by atoms with E-state index in [1.807, 2.05) is 0 Å². The lowest BCUT2D eigenvalue weighted by molar-refractivity contribution is -0.137. The number of nitrogens with zero attached hydrogens (tertiary/aromatic N) is 1. The summed E-state index contributed by atoms with van der Waals surface area (Å²) in [6, 6.07) is 7.38. The molecule has 2 N–H and O–H groups in total. The largest absolute Gasteiger partial charge is 0.491 e. The van der Waals surface area contributed by atoms with E-state index in [0.717, 1.165) is 24.3 Å². The smallest absolute Gasteiger partial charge is 0.417 e. The van der Waals surface area contributed by atoms with Gasteiger partial charge in [-0.1, -0.05) is 0 Å². The number of nitrogens with one attached hydrogen (secondary N) is 1. The van der Waals surface area contributed by atoms with Crippen molar-refractivity contribution in [3.8, 4) is 11.8 Å². The fraction of sp³-hybridized carbons (Fsp3) is 0.235.